The Morgan fingerprint density at radius 3 is 2.92 bits per heavy atom. The van der Waals surface area contributed by atoms with Crippen LogP contribution in [0.1, 0.15) is 6.92 Å². The number of rotatable bonds is 4. The summed E-state index contributed by atoms with van der Waals surface area (Å²) in [5, 5.41) is 1.51. The van der Waals surface area contributed by atoms with Crippen LogP contribution < -0.4 is 4.90 Å². The van der Waals surface area contributed by atoms with E-state index in [1.54, 1.807) is 6.20 Å². The first-order chi connectivity index (χ1) is 6.29. The molecule has 0 aliphatic carbocycles. The van der Waals surface area contributed by atoms with E-state index in [1.807, 2.05) is 0 Å². The summed E-state index contributed by atoms with van der Waals surface area (Å²) >= 11 is 9.34. The van der Waals surface area contributed by atoms with Gasteiger partial charge in [-0.1, -0.05) is 27.5 Å². The Labute approximate surface area is 91.3 Å². The summed E-state index contributed by atoms with van der Waals surface area (Å²) in [6.07, 6.45) is 3.12. The minimum atomic E-state index is 0.602. The molecule has 0 amide bonds. The first-order valence-electron chi connectivity index (χ1n) is 4.06. The van der Waals surface area contributed by atoms with Gasteiger partial charge in [0.15, 0.2) is 5.82 Å². The second-order valence-electron chi connectivity index (χ2n) is 2.46. The van der Waals surface area contributed by atoms with Gasteiger partial charge in [-0.2, -0.15) is 0 Å². The van der Waals surface area contributed by atoms with Crippen molar-refractivity contribution >= 4 is 33.3 Å². The standard InChI is InChI=1S/C8H11BrClN3/c1-2-13(4-3-9)8-7(10)5-11-6-12-8/h5-6H,2-4H2,1H3. The van der Waals surface area contributed by atoms with E-state index in [0.29, 0.717) is 5.02 Å². The largest absolute Gasteiger partial charge is 0.355 e. The van der Waals surface area contributed by atoms with Crippen LogP contribution in [0.2, 0.25) is 5.02 Å². The van der Waals surface area contributed by atoms with Crippen LogP contribution >= 0.6 is 27.5 Å². The van der Waals surface area contributed by atoms with E-state index in [4.69, 9.17) is 11.6 Å². The number of halogens is 2. The van der Waals surface area contributed by atoms with Crippen molar-refractivity contribution in [1.29, 1.82) is 0 Å². The minimum absolute atomic E-state index is 0.602. The number of nitrogens with zero attached hydrogens (tertiary/aromatic N) is 3. The van der Waals surface area contributed by atoms with Crippen molar-refractivity contribution in [1.82, 2.24) is 9.97 Å². The highest BCUT2D eigenvalue weighted by Gasteiger charge is 2.08. The fraction of sp³-hybridized carbons (Fsp3) is 0.500. The lowest BCUT2D eigenvalue weighted by molar-refractivity contribution is 0.849. The fourth-order valence-corrected chi connectivity index (χ4v) is 1.71. The van der Waals surface area contributed by atoms with Gasteiger partial charge in [-0.15, -0.1) is 0 Å². The third kappa shape index (κ3) is 2.81. The highest BCUT2D eigenvalue weighted by atomic mass is 79.9. The zero-order valence-electron chi connectivity index (χ0n) is 7.37. The maximum absolute atomic E-state index is 5.95. The Kier molecular flexibility index (Phi) is 4.45. The van der Waals surface area contributed by atoms with Gasteiger partial charge in [0, 0.05) is 18.4 Å². The van der Waals surface area contributed by atoms with Gasteiger partial charge >= 0.3 is 0 Å². The van der Waals surface area contributed by atoms with Crippen LogP contribution in [0.15, 0.2) is 12.5 Å². The number of aromatic nitrogens is 2. The van der Waals surface area contributed by atoms with Crippen molar-refractivity contribution in [2.24, 2.45) is 0 Å². The van der Waals surface area contributed by atoms with Gasteiger partial charge in [0.05, 0.1) is 6.20 Å². The second kappa shape index (κ2) is 5.40. The zero-order chi connectivity index (χ0) is 9.68. The summed E-state index contributed by atoms with van der Waals surface area (Å²) in [4.78, 5) is 10.1. The first kappa shape index (κ1) is 10.7. The third-order valence-corrected chi connectivity index (χ3v) is 2.31. The van der Waals surface area contributed by atoms with Gasteiger partial charge in [0.1, 0.15) is 11.3 Å². The average Bonchev–Trinajstić information content (AvgIpc) is 2.16. The van der Waals surface area contributed by atoms with E-state index in [-0.39, 0.29) is 0 Å². The lowest BCUT2D eigenvalue weighted by atomic mass is 10.4. The van der Waals surface area contributed by atoms with Crippen molar-refractivity contribution in [3.8, 4) is 0 Å². The van der Waals surface area contributed by atoms with Gasteiger partial charge < -0.3 is 4.90 Å². The molecule has 0 atom stereocenters. The fourth-order valence-electron chi connectivity index (χ4n) is 1.05. The van der Waals surface area contributed by atoms with E-state index >= 15 is 0 Å². The van der Waals surface area contributed by atoms with Crippen molar-refractivity contribution in [3.63, 3.8) is 0 Å². The summed E-state index contributed by atoms with van der Waals surface area (Å²) in [5.74, 6) is 0.804. The van der Waals surface area contributed by atoms with Crippen LogP contribution in [0.25, 0.3) is 0 Å². The second-order valence-corrected chi connectivity index (χ2v) is 3.66. The molecule has 0 aliphatic heterocycles. The number of hydrogen-bond acceptors (Lipinski definition) is 3. The van der Waals surface area contributed by atoms with Crippen LogP contribution in [0.5, 0.6) is 0 Å². The van der Waals surface area contributed by atoms with E-state index in [1.165, 1.54) is 6.33 Å². The lowest BCUT2D eigenvalue weighted by Crippen LogP contribution is -2.26. The molecule has 1 heterocycles. The normalized spacial score (nSPS) is 10.1. The number of hydrogen-bond donors (Lipinski definition) is 0. The molecule has 0 saturated heterocycles. The van der Waals surface area contributed by atoms with Crippen LogP contribution in [0.3, 0.4) is 0 Å². The molecule has 5 heteroatoms. The quantitative estimate of drug-likeness (QED) is 0.782. The molecule has 3 nitrogen and oxygen atoms in total. The van der Waals surface area contributed by atoms with Crippen LogP contribution in [-0.2, 0) is 0 Å². The summed E-state index contributed by atoms with van der Waals surface area (Å²) < 4.78 is 0. The first-order valence-corrected chi connectivity index (χ1v) is 5.56. The molecule has 0 N–H and O–H groups in total. The van der Waals surface area contributed by atoms with E-state index in [9.17, 15) is 0 Å². The van der Waals surface area contributed by atoms with Crippen molar-refractivity contribution in [3.05, 3.63) is 17.5 Å². The molecule has 0 bridgehead atoms. The van der Waals surface area contributed by atoms with Gasteiger partial charge in [0.2, 0.25) is 0 Å². The van der Waals surface area contributed by atoms with Crippen molar-refractivity contribution in [2.75, 3.05) is 23.3 Å². The predicted molar refractivity (Wildman–Crippen MR) is 58.7 cm³/mol. The molecule has 1 aromatic heterocycles. The summed E-state index contributed by atoms with van der Waals surface area (Å²) in [7, 11) is 0. The molecule has 72 valence electrons. The van der Waals surface area contributed by atoms with Crippen LogP contribution in [-0.4, -0.2) is 28.4 Å². The Bertz CT molecular complexity index is 269. The summed E-state index contributed by atoms with van der Waals surface area (Å²) in [6, 6.07) is 0. The monoisotopic (exact) mass is 263 g/mol. The van der Waals surface area contributed by atoms with E-state index in [0.717, 1.165) is 24.2 Å². The van der Waals surface area contributed by atoms with Crippen molar-refractivity contribution < 1.29 is 0 Å². The molecule has 0 aromatic carbocycles. The SMILES string of the molecule is CCN(CCBr)c1ncncc1Cl. The molecule has 13 heavy (non-hydrogen) atoms. The van der Waals surface area contributed by atoms with Crippen LogP contribution in [0, 0.1) is 0 Å². The highest BCUT2D eigenvalue weighted by Crippen LogP contribution is 2.20. The molecule has 0 saturated carbocycles. The predicted octanol–water partition coefficient (Wildman–Crippen LogP) is 2.35. The minimum Gasteiger partial charge on any atom is -0.355 e. The Morgan fingerprint density at radius 2 is 2.38 bits per heavy atom. The molecule has 1 rings (SSSR count). The smallest absolute Gasteiger partial charge is 0.150 e. The van der Waals surface area contributed by atoms with Gasteiger partial charge in [0.25, 0.3) is 0 Å². The van der Waals surface area contributed by atoms with E-state index in [2.05, 4.69) is 37.7 Å². The molecule has 1 aromatic rings. The molecular formula is C8H11BrClN3. The summed E-state index contributed by atoms with van der Waals surface area (Å²) in [5.41, 5.74) is 0. The molecular weight excluding hydrogens is 253 g/mol. The van der Waals surface area contributed by atoms with Crippen molar-refractivity contribution in [2.45, 2.75) is 6.92 Å². The van der Waals surface area contributed by atoms with Crippen LogP contribution in [0.4, 0.5) is 5.82 Å². The molecule has 0 radical (unpaired) electrons. The highest BCUT2D eigenvalue weighted by molar-refractivity contribution is 9.09. The summed E-state index contributed by atoms with van der Waals surface area (Å²) in [6.45, 7) is 3.86. The van der Waals surface area contributed by atoms with Gasteiger partial charge in [-0.05, 0) is 6.92 Å². The van der Waals surface area contributed by atoms with E-state index < -0.39 is 0 Å². The Morgan fingerprint density at radius 1 is 1.62 bits per heavy atom. The maximum atomic E-state index is 5.95. The maximum Gasteiger partial charge on any atom is 0.150 e. The zero-order valence-corrected chi connectivity index (χ0v) is 9.72. The Balaban J connectivity index is 2.84. The molecule has 0 unspecified atom stereocenters. The van der Waals surface area contributed by atoms with Gasteiger partial charge in [-0.3, -0.25) is 0 Å². The molecule has 0 spiro atoms. The third-order valence-electron chi connectivity index (χ3n) is 1.68. The molecule has 0 aliphatic rings. The molecule has 0 fully saturated rings. The average molecular weight is 265 g/mol. The van der Waals surface area contributed by atoms with Gasteiger partial charge in [-0.25, -0.2) is 9.97 Å². The lowest BCUT2D eigenvalue weighted by Gasteiger charge is -2.21. The number of alkyl halides is 1. The number of anilines is 1. The Hall–Kier alpha value is -0.350. The topological polar surface area (TPSA) is 29.0 Å².